The summed E-state index contributed by atoms with van der Waals surface area (Å²) < 4.78 is 6.11. The lowest BCUT2D eigenvalue weighted by Crippen LogP contribution is -2.28. The van der Waals surface area contributed by atoms with Crippen molar-refractivity contribution in [1.29, 1.82) is 0 Å². The number of amidine groups is 1. The highest BCUT2D eigenvalue weighted by atomic mass is 35.5. The van der Waals surface area contributed by atoms with Crippen molar-refractivity contribution in [2.75, 3.05) is 4.90 Å². The molecule has 4 aromatic rings. The minimum Gasteiger partial charge on any atom is -0.487 e. The van der Waals surface area contributed by atoms with Gasteiger partial charge in [0.1, 0.15) is 12.4 Å². The number of rotatable bonds is 6. The van der Waals surface area contributed by atoms with E-state index >= 15 is 0 Å². The second-order valence-electron chi connectivity index (χ2n) is 9.09. The Bertz CT molecular complexity index is 1670. The molecule has 4 aromatic carbocycles. The zero-order valence-corrected chi connectivity index (χ0v) is 25.3. The topological polar surface area (TPSA) is 41.9 Å². The van der Waals surface area contributed by atoms with E-state index in [1.165, 1.54) is 16.7 Å². The number of carbonyl (C=O) groups is 1. The Morgan fingerprint density at radius 1 is 0.850 bits per heavy atom. The van der Waals surface area contributed by atoms with Crippen molar-refractivity contribution in [3.8, 4) is 5.75 Å². The summed E-state index contributed by atoms with van der Waals surface area (Å²) in [6.45, 7) is 4.12. The van der Waals surface area contributed by atoms with E-state index in [1.54, 1.807) is 30.3 Å². The fourth-order valence-electron chi connectivity index (χ4n) is 3.97. The molecule has 4 nitrogen and oxygen atoms in total. The van der Waals surface area contributed by atoms with Crippen LogP contribution in [0.25, 0.3) is 6.08 Å². The Hall–Kier alpha value is -2.93. The smallest absolute Gasteiger partial charge is 0.271 e. The Kier molecular flexibility index (Phi) is 8.79. The number of anilines is 1. The van der Waals surface area contributed by atoms with Gasteiger partial charge >= 0.3 is 0 Å². The van der Waals surface area contributed by atoms with Crippen LogP contribution in [-0.2, 0) is 11.4 Å². The van der Waals surface area contributed by atoms with Crippen LogP contribution in [0.2, 0.25) is 20.1 Å². The number of nitrogens with zero attached hydrogens (tertiary/aromatic N) is 2. The summed E-state index contributed by atoms with van der Waals surface area (Å²) in [5, 5.41) is 2.35. The fourth-order valence-corrected chi connectivity index (χ4v) is 5.87. The highest BCUT2D eigenvalue weighted by molar-refractivity contribution is 8.19. The van der Waals surface area contributed by atoms with Crippen molar-refractivity contribution in [2.45, 2.75) is 20.5 Å². The first kappa shape index (κ1) is 28.6. The van der Waals surface area contributed by atoms with Gasteiger partial charge < -0.3 is 4.74 Å². The zero-order valence-electron chi connectivity index (χ0n) is 21.4. The molecule has 5 rings (SSSR count). The van der Waals surface area contributed by atoms with Crippen LogP contribution < -0.4 is 9.64 Å². The molecule has 0 bridgehead atoms. The van der Waals surface area contributed by atoms with Crippen molar-refractivity contribution < 1.29 is 9.53 Å². The Morgan fingerprint density at radius 3 is 2.25 bits per heavy atom. The van der Waals surface area contributed by atoms with Crippen LogP contribution in [0.4, 0.5) is 11.4 Å². The average molecular weight is 628 g/mol. The third-order valence-corrected chi connectivity index (χ3v) is 8.43. The maximum absolute atomic E-state index is 13.9. The van der Waals surface area contributed by atoms with Crippen LogP contribution in [0.3, 0.4) is 0 Å². The molecule has 0 N–H and O–H groups in total. The predicted molar refractivity (Wildman–Crippen MR) is 170 cm³/mol. The Labute approximate surface area is 257 Å². The second-order valence-corrected chi connectivity index (χ2v) is 11.8. The molecule has 0 aliphatic carbocycles. The van der Waals surface area contributed by atoms with Crippen LogP contribution in [-0.4, -0.2) is 11.1 Å². The molecule has 0 aromatic heterocycles. The van der Waals surface area contributed by atoms with Gasteiger partial charge in [-0.1, -0.05) is 88.9 Å². The van der Waals surface area contributed by atoms with Gasteiger partial charge in [-0.25, -0.2) is 4.99 Å². The van der Waals surface area contributed by atoms with Gasteiger partial charge in [0.2, 0.25) is 0 Å². The number of thioether (sulfide) groups is 1. The number of benzene rings is 4. The van der Waals surface area contributed by atoms with Gasteiger partial charge in [0.15, 0.2) is 5.17 Å². The summed E-state index contributed by atoms with van der Waals surface area (Å²) in [6, 6.07) is 24.0. The number of aryl methyl sites for hydroxylation is 2. The van der Waals surface area contributed by atoms with E-state index in [-0.39, 0.29) is 5.91 Å². The monoisotopic (exact) mass is 626 g/mol. The quantitative estimate of drug-likeness (QED) is 0.200. The minimum absolute atomic E-state index is 0.271. The van der Waals surface area contributed by atoms with Crippen molar-refractivity contribution in [3.05, 3.63) is 126 Å². The van der Waals surface area contributed by atoms with Crippen molar-refractivity contribution in [3.63, 3.8) is 0 Å². The lowest BCUT2D eigenvalue weighted by Gasteiger charge is -2.17. The highest BCUT2D eigenvalue weighted by Crippen LogP contribution is 2.41. The molecule has 1 amide bonds. The molecular formula is C31H22Cl4N2O2S. The largest absolute Gasteiger partial charge is 0.487 e. The van der Waals surface area contributed by atoms with Crippen LogP contribution >= 0.6 is 58.2 Å². The number of carbonyl (C=O) groups excluding carboxylic acids is 1. The van der Waals surface area contributed by atoms with Crippen LogP contribution in [0.5, 0.6) is 5.75 Å². The summed E-state index contributed by atoms with van der Waals surface area (Å²) in [4.78, 5) is 20.6. The summed E-state index contributed by atoms with van der Waals surface area (Å²) in [7, 11) is 0. The number of ether oxygens (including phenoxy) is 1. The number of amides is 1. The third kappa shape index (κ3) is 6.35. The number of hydrogen-bond donors (Lipinski definition) is 0. The van der Waals surface area contributed by atoms with Gasteiger partial charge in [-0.15, -0.1) is 0 Å². The highest BCUT2D eigenvalue weighted by Gasteiger charge is 2.35. The van der Waals surface area contributed by atoms with Crippen molar-refractivity contribution in [2.24, 2.45) is 4.99 Å². The van der Waals surface area contributed by atoms with E-state index in [4.69, 9.17) is 56.1 Å². The summed E-state index contributed by atoms with van der Waals surface area (Å²) >= 11 is 26.9. The molecule has 1 fully saturated rings. The summed E-state index contributed by atoms with van der Waals surface area (Å²) in [5.41, 5.74) is 4.60. The van der Waals surface area contributed by atoms with E-state index in [0.29, 0.717) is 59.5 Å². The van der Waals surface area contributed by atoms with E-state index in [0.717, 1.165) is 16.7 Å². The van der Waals surface area contributed by atoms with Crippen LogP contribution in [0, 0.1) is 13.8 Å². The first-order chi connectivity index (χ1) is 19.2. The zero-order chi connectivity index (χ0) is 28.4. The molecule has 0 saturated carbocycles. The molecule has 0 unspecified atom stereocenters. The summed E-state index contributed by atoms with van der Waals surface area (Å²) in [6.07, 6.45) is 1.72. The molecule has 1 aliphatic rings. The first-order valence-corrected chi connectivity index (χ1v) is 14.5. The fraction of sp³-hybridized carbons (Fsp3) is 0.0968. The minimum atomic E-state index is -0.271. The Morgan fingerprint density at radius 2 is 1.55 bits per heavy atom. The molecule has 1 aliphatic heterocycles. The number of halogens is 4. The van der Waals surface area contributed by atoms with Crippen LogP contribution in [0.1, 0.15) is 22.3 Å². The third-order valence-electron chi connectivity index (χ3n) is 6.15. The van der Waals surface area contributed by atoms with Gasteiger partial charge in [-0.3, -0.25) is 9.69 Å². The summed E-state index contributed by atoms with van der Waals surface area (Å²) in [5.74, 6) is 0.156. The standard InChI is InChI=1S/C31H22Cl4N2O2S/c1-18-8-10-23(15-25(18)33)36-31-37(24-11-9-19(2)26(34)16-24)30(38)28(40-31)13-21-12-22(32)14-27(35)29(21)39-17-20-6-4-3-5-7-20/h3-16H,17H2,1-2H3/b28-13+,36-31?. The second kappa shape index (κ2) is 12.3. The molecule has 1 heterocycles. The van der Waals surface area contributed by atoms with E-state index < -0.39 is 0 Å². The predicted octanol–water partition coefficient (Wildman–Crippen LogP) is 10.3. The van der Waals surface area contributed by atoms with Gasteiger partial charge in [-0.05, 0) is 84.8 Å². The molecular weight excluding hydrogens is 606 g/mol. The average Bonchev–Trinajstić information content (AvgIpc) is 3.22. The normalized spacial score (nSPS) is 15.3. The van der Waals surface area contributed by atoms with Gasteiger partial charge in [0, 0.05) is 20.6 Å². The molecule has 0 radical (unpaired) electrons. The number of aliphatic imine (C=N–C) groups is 1. The maximum Gasteiger partial charge on any atom is 0.271 e. The van der Waals surface area contributed by atoms with E-state index in [2.05, 4.69) is 0 Å². The Balaban J connectivity index is 1.57. The van der Waals surface area contributed by atoms with E-state index in [9.17, 15) is 4.79 Å². The lowest BCUT2D eigenvalue weighted by atomic mass is 10.1. The molecule has 9 heteroatoms. The van der Waals surface area contributed by atoms with E-state index in [1.807, 2.05) is 68.4 Å². The molecule has 0 atom stereocenters. The molecule has 0 spiro atoms. The molecule has 202 valence electrons. The first-order valence-electron chi connectivity index (χ1n) is 12.2. The van der Waals surface area contributed by atoms with Crippen LogP contribution in [0.15, 0.2) is 88.8 Å². The maximum atomic E-state index is 13.9. The van der Waals surface area contributed by atoms with Gasteiger partial charge in [-0.2, -0.15) is 0 Å². The van der Waals surface area contributed by atoms with Crippen molar-refractivity contribution >= 4 is 86.7 Å². The van der Waals surface area contributed by atoms with Crippen molar-refractivity contribution in [1.82, 2.24) is 0 Å². The SMILES string of the molecule is Cc1ccc(N=C2S/C(=C/c3cc(Cl)cc(Cl)c3OCc3ccccc3)C(=O)N2c2ccc(C)c(Cl)c2)cc1Cl. The number of hydrogen-bond acceptors (Lipinski definition) is 4. The van der Waals surface area contributed by atoms with Gasteiger partial charge in [0.25, 0.3) is 5.91 Å². The molecule has 1 saturated heterocycles. The van der Waals surface area contributed by atoms with Gasteiger partial charge in [0.05, 0.1) is 21.3 Å². The lowest BCUT2D eigenvalue weighted by molar-refractivity contribution is -0.113. The molecule has 40 heavy (non-hydrogen) atoms.